The van der Waals surface area contributed by atoms with Crippen molar-refractivity contribution < 1.29 is 0 Å². The Morgan fingerprint density at radius 1 is 1.40 bits per heavy atom. The fourth-order valence-electron chi connectivity index (χ4n) is 2.05. The van der Waals surface area contributed by atoms with Crippen molar-refractivity contribution in [2.24, 2.45) is 0 Å². The minimum absolute atomic E-state index is 0.251. The van der Waals surface area contributed by atoms with Crippen LogP contribution in [0, 0.1) is 6.92 Å². The van der Waals surface area contributed by atoms with Gasteiger partial charge in [-0.05, 0) is 37.5 Å². The quantitative estimate of drug-likeness (QED) is 0.780. The summed E-state index contributed by atoms with van der Waals surface area (Å²) in [5, 5.41) is 3.68. The second-order valence-corrected chi connectivity index (χ2v) is 4.83. The van der Waals surface area contributed by atoms with Crippen molar-refractivity contribution in [1.29, 1.82) is 0 Å². The van der Waals surface area contributed by atoms with Crippen molar-refractivity contribution in [2.45, 2.75) is 44.0 Å². The predicted octanol–water partition coefficient (Wildman–Crippen LogP) is 3.35. The minimum atomic E-state index is 0.251. The summed E-state index contributed by atoms with van der Waals surface area (Å²) in [7, 11) is 0. The summed E-state index contributed by atoms with van der Waals surface area (Å²) < 4.78 is 0. The molecule has 1 aliphatic rings. The van der Waals surface area contributed by atoms with E-state index in [1.807, 2.05) is 12.3 Å². The van der Waals surface area contributed by atoms with Crippen LogP contribution >= 0.6 is 11.6 Å². The van der Waals surface area contributed by atoms with Gasteiger partial charge in [0.15, 0.2) is 0 Å². The fourth-order valence-corrected chi connectivity index (χ4v) is 2.40. The van der Waals surface area contributed by atoms with Gasteiger partial charge in [-0.15, -0.1) is 11.6 Å². The van der Waals surface area contributed by atoms with E-state index >= 15 is 0 Å². The number of alkyl halides is 1. The number of aryl methyl sites for hydroxylation is 1. The van der Waals surface area contributed by atoms with E-state index in [9.17, 15) is 0 Å². The first-order valence-electron chi connectivity index (χ1n) is 5.59. The number of hydrogen-bond acceptors (Lipinski definition) is 2. The van der Waals surface area contributed by atoms with Crippen molar-refractivity contribution in [3.63, 3.8) is 0 Å². The molecule has 3 heteroatoms. The largest absolute Gasteiger partial charge is 0.366 e. The lowest BCUT2D eigenvalue weighted by molar-refractivity contribution is 0.468. The highest BCUT2D eigenvalue weighted by molar-refractivity contribution is 6.21. The molecule has 0 saturated heterocycles. The maximum absolute atomic E-state index is 6.28. The molecule has 1 heterocycles. The number of rotatable bonds is 2. The Kier molecular flexibility index (Phi) is 3.47. The highest BCUT2D eigenvalue weighted by Gasteiger charge is 2.22. The van der Waals surface area contributed by atoms with Crippen LogP contribution in [-0.4, -0.2) is 16.4 Å². The molecule has 1 saturated carbocycles. The Labute approximate surface area is 96.1 Å². The van der Waals surface area contributed by atoms with Crippen LogP contribution in [0.15, 0.2) is 18.3 Å². The number of pyridine rings is 1. The predicted molar refractivity (Wildman–Crippen MR) is 64.5 cm³/mol. The summed E-state index contributed by atoms with van der Waals surface area (Å²) >= 11 is 6.28. The number of aromatic nitrogens is 1. The molecule has 15 heavy (non-hydrogen) atoms. The van der Waals surface area contributed by atoms with E-state index in [1.54, 1.807) is 0 Å². The van der Waals surface area contributed by atoms with Gasteiger partial charge in [0.25, 0.3) is 0 Å². The van der Waals surface area contributed by atoms with Crippen LogP contribution in [0.4, 0.5) is 5.82 Å². The van der Waals surface area contributed by atoms with Crippen LogP contribution in [0.1, 0.15) is 31.2 Å². The lowest BCUT2D eigenvalue weighted by Crippen LogP contribution is -2.33. The Morgan fingerprint density at radius 2 is 2.20 bits per heavy atom. The van der Waals surface area contributed by atoms with Crippen LogP contribution in [0.25, 0.3) is 0 Å². The van der Waals surface area contributed by atoms with E-state index in [1.165, 1.54) is 18.4 Å². The summed E-state index contributed by atoms with van der Waals surface area (Å²) in [6.07, 6.45) is 6.64. The van der Waals surface area contributed by atoms with Crippen molar-refractivity contribution in [3.8, 4) is 0 Å². The highest BCUT2D eigenvalue weighted by Crippen LogP contribution is 2.25. The molecule has 1 aromatic heterocycles. The van der Waals surface area contributed by atoms with Gasteiger partial charge >= 0.3 is 0 Å². The van der Waals surface area contributed by atoms with Crippen molar-refractivity contribution in [3.05, 3.63) is 23.9 Å². The molecule has 2 rings (SSSR count). The molecular formula is C12H17ClN2. The molecule has 1 fully saturated rings. The summed E-state index contributed by atoms with van der Waals surface area (Å²) in [5.41, 5.74) is 1.23. The maximum Gasteiger partial charge on any atom is 0.126 e. The molecule has 1 aromatic rings. The third kappa shape index (κ3) is 2.85. The van der Waals surface area contributed by atoms with E-state index in [-0.39, 0.29) is 5.38 Å². The second kappa shape index (κ2) is 4.84. The summed E-state index contributed by atoms with van der Waals surface area (Å²) in [4.78, 5) is 4.30. The molecule has 82 valence electrons. The average molecular weight is 225 g/mol. The van der Waals surface area contributed by atoms with E-state index in [0.29, 0.717) is 6.04 Å². The van der Waals surface area contributed by atoms with Gasteiger partial charge < -0.3 is 5.32 Å². The SMILES string of the molecule is Cc1ccnc(NC2CCCCC2Cl)c1. The van der Waals surface area contributed by atoms with E-state index < -0.39 is 0 Å². The minimum Gasteiger partial charge on any atom is -0.366 e. The number of hydrogen-bond donors (Lipinski definition) is 1. The average Bonchev–Trinajstić information content (AvgIpc) is 2.22. The van der Waals surface area contributed by atoms with E-state index in [0.717, 1.165) is 18.7 Å². The lowest BCUT2D eigenvalue weighted by atomic mass is 9.95. The number of halogens is 1. The molecule has 1 aliphatic carbocycles. The van der Waals surface area contributed by atoms with Gasteiger partial charge in [0.2, 0.25) is 0 Å². The van der Waals surface area contributed by atoms with Gasteiger partial charge in [-0.25, -0.2) is 4.98 Å². The van der Waals surface area contributed by atoms with E-state index in [2.05, 4.69) is 23.3 Å². The topological polar surface area (TPSA) is 24.9 Å². The fraction of sp³-hybridized carbons (Fsp3) is 0.583. The molecule has 0 aliphatic heterocycles. The van der Waals surface area contributed by atoms with Crippen LogP contribution in [0.5, 0.6) is 0 Å². The zero-order chi connectivity index (χ0) is 10.7. The summed E-state index contributed by atoms with van der Waals surface area (Å²) in [6.45, 7) is 2.08. The monoisotopic (exact) mass is 224 g/mol. The maximum atomic E-state index is 6.28. The summed E-state index contributed by atoms with van der Waals surface area (Å²) in [6, 6.07) is 4.46. The number of nitrogens with one attached hydrogen (secondary N) is 1. The first-order chi connectivity index (χ1) is 7.25. The van der Waals surface area contributed by atoms with Crippen LogP contribution < -0.4 is 5.32 Å². The van der Waals surface area contributed by atoms with Crippen molar-refractivity contribution >= 4 is 17.4 Å². The number of anilines is 1. The standard InChI is InChI=1S/C12H17ClN2/c1-9-6-7-14-12(8-9)15-11-5-3-2-4-10(11)13/h6-8,10-11H,2-5H2,1H3,(H,14,15). The Balaban J connectivity index is 2.01. The molecule has 0 bridgehead atoms. The third-order valence-electron chi connectivity index (χ3n) is 2.93. The smallest absolute Gasteiger partial charge is 0.126 e. The number of nitrogens with zero attached hydrogens (tertiary/aromatic N) is 1. The van der Waals surface area contributed by atoms with Gasteiger partial charge in [0.1, 0.15) is 5.82 Å². The molecule has 0 radical (unpaired) electrons. The highest BCUT2D eigenvalue weighted by atomic mass is 35.5. The zero-order valence-electron chi connectivity index (χ0n) is 9.04. The first-order valence-corrected chi connectivity index (χ1v) is 6.02. The molecule has 2 nitrogen and oxygen atoms in total. The molecule has 2 unspecified atom stereocenters. The molecule has 1 N–H and O–H groups in total. The van der Waals surface area contributed by atoms with Crippen LogP contribution in [0.3, 0.4) is 0 Å². The Hall–Kier alpha value is -0.760. The Bertz CT molecular complexity index is 327. The van der Waals surface area contributed by atoms with Crippen LogP contribution in [0.2, 0.25) is 0 Å². The molecule has 0 spiro atoms. The van der Waals surface area contributed by atoms with E-state index in [4.69, 9.17) is 11.6 Å². The Morgan fingerprint density at radius 3 is 2.93 bits per heavy atom. The van der Waals surface area contributed by atoms with Crippen molar-refractivity contribution in [2.75, 3.05) is 5.32 Å². The summed E-state index contributed by atoms with van der Waals surface area (Å²) in [5.74, 6) is 0.951. The van der Waals surface area contributed by atoms with Gasteiger partial charge in [0.05, 0.1) is 5.38 Å². The molecular weight excluding hydrogens is 208 g/mol. The van der Waals surface area contributed by atoms with Gasteiger partial charge in [-0.3, -0.25) is 0 Å². The van der Waals surface area contributed by atoms with Gasteiger partial charge in [-0.2, -0.15) is 0 Å². The normalized spacial score (nSPS) is 26.3. The molecule has 2 atom stereocenters. The van der Waals surface area contributed by atoms with Crippen molar-refractivity contribution in [1.82, 2.24) is 4.98 Å². The van der Waals surface area contributed by atoms with Crippen LogP contribution in [-0.2, 0) is 0 Å². The molecule has 0 aromatic carbocycles. The van der Waals surface area contributed by atoms with Gasteiger partial charge in [-0.1, -0.05) is 12.8 Å². The molecule has 0 amide bonds. The first kappa shape index (κ1) is 10.7. The van der Waals surface area contributed by atoms with Gasteiger partial charge in [0, 0.05) is 12.2 Å². The second-order valence-electron chi connectivity index (χ2n) is 4.27. The zero-order valence-corrected chi connectivity index (χ0v) is 9.80. The third-order valence-corrected chi connectivity index (χ3v) is 3.45. The lowest BCUT2D eigenvalue weighted by Gasteiger charge is -2.28.